The molecule has 2 aliphatic heterocycles. The minimum atomic E-state index is -0.273. The lowest BCUT2D eigenvalue weighted by Gasteiger charge is -2.12. The number of rotatable bonds is 5. The van der Waals surface area contributed by atoms with Gasteiger partial charge in [0.1, 0.15) is 12.7 Å². The Morgan fingerprint density at radius 2 is 1.71 bits per heavy atom. The van der Waals surface area contributed by atoms with Crippen LogP contribution >= 0.6 is 0 Å². The zero-order valence-corrected chi connectivity index (χ0v) is 13.3. The van der Waals surface area contributed by atoms with E-state index in [2.05, 4.69) is 0 Å². The summed E-state index contributed by atoms with van der Waals surface area (Å²) in [6.07, 6.45) is 1.75. The number of epoxide rings is 1. The van der Waals surface area contributed by atoms with Crippen LogP contribution in [0.2, 0.25) is 0 Å². The molecule has 2 rings (SSSR count). The third-order valence-corrected chi connectivity index (χ3v) is 2.89. The number of hydrogen-bond donors (Lipinski definition) is 0. The van der Waals surface area contributed by atoms with Crippen LogP contribution in [0.3, 0.4) is 0 Å². The SMILES string of the molecule is CC(C)C(=O)OC1CCCO1.CC(C)C(=O)OCC1CO1. The minimum absolute atomic E-state index is 0.0289. The van der Waals surface area contributed by atoms with Crippen LogP contribution in [0.15, 0.2) is 0 Å². The van der Waals surface area contributed by atoms with Gasteiger partial charge in [-0.1, -0.05) is 27.7 Å². The van der Waals surface area contributed by atoms with E-state index in [0.717, 1.165) is 26.1 Å². The number of ether oxygens (including phenoxy) is 4. The normalized spacial score (nSPS) is 23.5. The molecule has 122 valence electrons. The molecule has 0 aromatic rings. The maximum atomic E-state index is 11.0. The van der Waals surface area contributed by atoms with E-state index in [1.54, 1.807) is 0 Å². The van der Waals surface area contributed by atoms with Crippen LogP contribution in [0.4, 0.5) is 0 Å². The van der Waals surface area contributed by atoms with Crippen LogP contribution in [0.1, 0.15) is 40.5 Å². The molecule has 6 heteroatoms. The fourth-order valence-corrected chi connectivity index (χ4v) is 1.41. The standard InChI is InChI=1S/C8H14O3.C7H12O3/c1-6(2)8(9)11-7-4-3-5-10-7;1-5(2)7(8)10-4-6-3-9-6/h6-7H,3-5H2,1-2H3;5-6H,3-4H2,1-2H3. The van der Waals surface area contributed by atoms with Gasteiger partial charge in [0.2, 0.25) is 6.29 Å². The van der Waals surface area contributed by atoms with E-state index in [-0.39, 0.29) is 36.2 Å². The van der Waals surface area contributed by atoms with Gasteiger partial charge in [-0.2, -0.15) is 0 Å². The van der Waals surface area contributed by atoms with Crippen molar-refractivity contribution in [3.63, 3.8) is 0 Å². The van der Waals surface area contributed by atoms with Gasteiger partial charge in [0, 0.05) is 6.42 Å². The van der Waals surface area contributed by atoms with Gasteiger partial charge in [-0.05, 0) is 6.42 Å². The maximum Gasteiger partial charge on any atom is 0.310 e. The molecule has 0 aromatic carbocycles. The first-order valence-corrected chi connectivity index (χ1v) is 7.50. The Hall–Kier alpha value is -1.14. The van der Waals surface area contributed by atoms with Crippen LogP contribution in [0.5, 0.6) is 0 Å². The molecule has 0 radical (unpaired) electrons. The second-order valence-corrected chi connectivity index (χ2v) is 5.77. The molecule has 0 amide bonds. The molecule has 2 fully saturated rings. The lowest BCUT2D eigenvalue weighted by molar-refractivity contribution is -0.173. The zero-order valence-electron chi connectivity index (χ0n) is 13.3. The highest BCUT2D eigenvalue weighted by Gasteiger charge is 2.24. The molecule has 2 saturated heterocycles. The van der Waals surface area contributed by atoms with E-state index in [0.29, 0.717) is 6.61 Å². The Kier molecular flexibility index (Phi) is 7.67. The molecule has 0 aromatic heterocycles. The van der Waals surface area contributed by atoms with Crippen molar-refractivity contribution in [1.29, 1.82) is 0 Å². The van der Waals surface area contributed by atoms with Gasteiger partial charge >= 0.3 is 11.9 Å². The molecule has 0 spiro atoms. The molecular weight excluding hydrogens is 276 g/mol. The van der Waals surface area contributed by atoms with E-state index in [1.807, 2.05) is 27.7 Å². The fourth-order valence-electron chi connectivity index (χ4n) is 1.41. The quantitative estimate of drug-likeness (QED) is 0.570. The third-order valence-electron chi connectivity index (χ3n) is 2.89. The topological polar surface area (TPSA) is 74.4 Å². The van der Waals surface area contributed by atoms with E-state index in [4.69, 9.17) is 18.9 Å². The van der Waals surface area contributed by atoms with Crippen molar-refractivity contribution in [1.82, 2.24) is 0 Å². The van der Waals surface area contributed by atoms with E-state index in [9.17, 15) is 9.59 Å². The molecule has 0 N–H and O–H groups in total. The highest BCUT2D eigenvalue weighted by Crippen LogP contribution is 2.14. The minimum Gasteiger partial charge on any atom is -0.463 e. The van der Waals surface area contributed by atoms with Crippen molar-refractivity contribution in [2.75, 3.05) is 19.8 Å². The van der Waals surface area contributed by atoms with Crippen LogP contribution in [-0.2, 0) is 28.5 Å². The molecule has 0 bridgehead atoms. The van der Waals surface area contributed by atoms with Crippen LogP contribution in [-0.4, -0.2) is 44.2 Å². The van der Waals surface area contributed by atoms with Gasteiger partial charge in [0.25, 0.3) is 0 Å². The number of carbonyl (C=O) groups excluding carboxylic acids is 2. The van der Waals surface area contributed by atoms with Gasteiger partial charge in [0.05, 0.1) is 25.0 Å². The Labute approximate surface area is 126 Å². The first kappa shape index (κ1) is 17.9. The molecule has 0 aliphatic carbocycles. The summed E-state index contributed by atoms with van der Waals surface area (Å²) in [6, 6.07) is 0. The lowest BCUT2D eigenvalue weighted by Crippen LogP contribution is -2.20. The first-order valence-electron chi connectivity index (χ1n) is 7.50. The number of hydrogen-bond acceptors (Lipinski definition) is 6. The molecular formula is C15H26O6. The monoisotopic (exact) mass is 302 g/mol. The van der Waals surface area contributed by atoms with Crippen molar-refractivity contribution < 1.29 is 28.5 Å². The largest absolute Gasteiger partial charge is 0.463 e. The van der Waals surface area contributed by atoms with Crippen molar-refractivity contribution in [2.24, 2.45) is 11.8 Å². The Morgan fingerprint density at radius 3 is 2.14 bits per heavy atom. The maximum absolute atomic E-state index is 11.0. The average Bonchev–Trinajstić information content (AvgIpc) is 3.12. The second kappa shape index (κ2) is 9.00. The van der Waals surface area contributed by atoms with Crippen molar-refractivity contribution in [2.45, 2.75) is 52.9 Å². The summed E-state index contributed by atoms with van der Waals surface area (Å²) in [5.41, 5.74) is 0. The number of carbonyl (C=O) groups is 2. The summed E-state index contributed by atoms with van der Waals surface area (Å²) in [4.78, 5) is 21.8. The van der Waals surface area contributed by atoms with Gasteiger partial charge in [-0.3, -0.25) is 9.59 Å². The van der Waals surface area contributed by atoms with Gasteiger partial charge < -0.3 is 18.9 Å². The van der Waals surface area contributed by atoms with Crippen molar-refractivity contribution in [3.8, 4) is 0 Å². The summed E-state index contributed by atoms with van der Waals surface area (Å²) in [6.45, 7) is 9.15. The fraction of sp³-hybridized carbons (Fsp3) is 0.867. The predicted octanol–water partition coefficient (Wildman–Crippen LogP) is 1.91. The van der Waals surface area contributed by atoms with Crippen molar-refractivity contribution >= 4 is 11.9 Å². The second-order valence-electron chi connectivity index (χ2n) is 5.77. The zero-order chi connectivity index (χ0) is 15.8. The summed E-state index contributed by atoms with van der Waals surface area (Å²) in [5, 5.41) is 0. The molecule has 6 nitrogen and oxygen atoms in total. The molecule has 2 atom stereocenters. The third kappa shape index (κ3) is 8.02. The number of esters is 2. The summed E-state index contributed by atoms with van der Waals surface area (Å²) in [7, 11) is 0. The van der Waals surface area contributed by atoms with E-state index in [1.165, 1.54) is 0 Å². The average molecular weight is 302 g/mol. The van der Waals surface area contributed by atoms with Crippen LogP contribution < -0.4 is 0 Å². The smallest absolute Gasteiger partial charge is 0.310 e. The Bertz CT molecular complexity index is 329. The predicted molar refractivity (Wildman–Crippen MR) is 75.4 cm³/mol. The highest BCUT2D eigenvalue weighted by molar-refractivity contribution is 5.71. The molecule has 21 heavy (non-hydrogen) atoms. The van der Waals surface area contributed by atoms with E-state index >= 15 is 0 Å². The lowest BCUT2D eigenvalue weighted by atomic mass is 10.2. The van der Waals surface area contributed by atoms with E-state index < -0.39 is 0 Å². The molecule has 2 aliphatic rings. The van der Waals surface area contributed by atoms with Gasteiger partial charge in [-0.15, -0.1) is 0 Å². The Morgan fingerprint density at radius 1 is 1.10 bits per heavy atom. The summed E-state index contributed by atoms with van der Waals surface area (Å²) >= 11 is 0. The first-order chi connectivity index (χ1) is 9.90. The van der Waals surface area contributed by atoms with Crippen LogP contribution in [0.25, 0.3) is 0 Å². The molecule has 0 saturated carbocycles. The van der Waals surface area contributed by atoms with Crippen molar-refractivity contribution in [3.05, 3.63) is 0 Å². The summed E-state index contributed by atoms with van der Waals surface area (Å²) in [5.74, 6) is -0.398. The summed E-state index contributed by atoms with van der Waals surface area (Å²) < 4.78 is 19.9. The molecule has 2 heterocycles. The highest BCUT2D eigenvalue weighted by atomic mass is 16.7. The molecule has 2 unspecified atom stereocenters. The Balaban J connectivity index is 0.000000211. The van der Waals surface area contributed by atoms with Gasteiger partial charge in [-0.25, -0.2) is 0 Å². The van der Waals surface area contributed by atoms with Crippen LogP contribution in [0, 0.1) is 11.8 Å². The van der Waals surface area contributed by atoms with Gasteiger partial charge in [0.15, 0.2) is 0 Å².